The summed E-state index contributed by atoms with van der Waals surface area (Å²) in [5, 5.41) is 8.80. The number of methoxy groups -OCH3 is 1. The van der Waals surface area contributed by atoms with Crippen molar-refractivity contribution in [1.82, 2.24) is 4.90 Å². The second-order valence-corrected chi connectivity index (χ2v) is 5.33. The lowest BCUT2D eigenvalue weighted by atomic mass is 10.2. The van der Waals surface area contributed by atoms with Crippen molar-refractivity contribution in [3.05, 3.63) is 59.7 Å². The number of benzene rings is 2. The van der Waals surface area contributed by atoms with Crippen LogP contribution in [0.5, 0.6) is 11.5 Å². The van der Waals surface area contributed by atoms with Gasteiger partial charge in [0.05, 0.1) is 13.7 Å². The number of carboxylic acid groups (broad SMARTS) is 1. The Labute approximate surface area is 136 Å². The highest BCUT2D eigenvalue weighted by molar-refractivity contribution is 5.69. The lowest BCUT2D eigenvalue weighted by molar-refractivity contribution is -0.138. The molecule has 0 aliphatic rings. The van der Waals surface area contributed by atoms with Crippen LogP contribution in [-0.4, -0.2) is 36.7 Å². The molecule has 0 heterocycles. The van der Waals surface area contributed by atoms with Crippen molar-refractivity contribution in [3.63, 3.8) is 0 Å². The molecule has 0 aliphatic heterocycles. The van der Waals surface area contributed by atoms with Gasteiger partial charge in [0, 0.05) is 6.54 Å². The topological polar surface area (TPSA) is 59.0 Å². The first-order valence-electron chi connectivity index (χ1n) is 7.32. The number of carbonyl (C=O) groups is 1. The molecule has 0 unspecified atom stereocenters. The van der Waals surface area contributed by atoms with E-state index in [0.717, 1.165) is 11.1 Å². The molecule has 2 rings (SSSR count). The Morgan fingerprint density at radius 2 is 1.83 bits per heavy atom. The molecular formula is C18H21NO4. The molecule has 0 aliphatic carbocycles. The predicted molar refractivity (Wildman–Crippen MR) is 87.7 cm³/mol. The van der Waals surface area contributed by atoms with E-state index in [1.165, 1.54) is 0 Å². The van der Waals surface area contributed by atoms with E-state index in [-0.39, 0.29) is 6.54 Å². The monoisotopic (exact) mass is 315 g/mol. The normalized spacial score (nSPS) is 10.6. The summed E-state index contributed by atoms with van der Waals surface area (Å²) >= 11 is 0. The Morgan fingerprint density at radius 1 is 1.09 bits per heavy atom. The van der Waals surface area contributed by atoms with Crippen molar-refractivity contribution in [2.45, 2.75) is 13.2 Å². The maximum Gasteiger partial charge on any atom is 0.317 e. The lowest BCUT2D eigenvalue weighted by Crippen LogP contribution is -2.25. The van der Waals surface area contributed by atoms with Gasteiger partial charge in [-0.3, -0.25) is 9.69 Å². The zero-order chi connectivity index (χ0) is 16.7. The minimum Gasteiger partial charge on any atom is -0.493 e. The van der Waals surface area contributed by atoms with Crippen molar-refractivity contribution in [3.8, 4) is 11.5 Å². The van der Waals surface area contributed by atoms with Crippen LogP contribution >= 0.6 is 0 Å². The summed E-state index contributed by atoms with van der Waals surface area (Å²) in [6.07, 6.45) is 0. The fourth-order valence-corrected chi connectivity index (χ4v) is 2.26. The Balaban J connectivity index is 2.02. The smallest absolute Gasteiger partial charge is 0.317 e. The van der Waals surface area contributed by atoms with Gasteiger partial charge >= 0.3 is 5.97 Å². The van der Waals surface area contributed by atoms with Gasteiger partial charge in [-0.05, 0) is 30.3 Å². The van der Waals surface area contributed by atoms with Crippen LogP contribution in [0.2, 0.25) is 0 Å². The fourth-order valence-electron chi connectivity index (χ4n) is 2.26. The number of rotatable bonds is 8. The van der Waals surface area contributed by atoms with Gasteiger partial charge in [-0.1, -0.05) is 36.4 Å². The van der Waals surface area contributed by atoms with Crippen molar-refractivity contribution < 1.29 is 19.4 Å². The van der Waals surface area contributed by atoms with E-state index < -0.39 is 5.97 Å². The third-order valence-corrected chi connectivity index (χ3v) is 3.32. The highest BCUT2D eigenvalue weighted by Gasteiger charge is 2.09. The number of hydrogen-bond donors (Lipinski definition) is 1. The van der Waals surface area contributed by atoms with Crippen molar-refractivity contribution >= 4 is 5.97 Å². The zero-order valence-corrected chi connectivity index (χ0v) is 13.4. The summed E-state index contributed by atoms with van der Waals surface area (Å²) < 4.78 is 11.2. The number of carboxylic acids is 1. The van der Waals surface area contributed by atoms with Gasteiger partial charge in [-0.2, -0.15) is 0 Å². The zero-order valence-electron chi connectivity index (χ0n) is 13.4. The molecule has 23 heavy (non-hydrogen) atoms. The number of hydrogen-bond acceptors (Lipinski definition) is 4. The van der Waals surface area contributed by atoms with Crippen LogP contribution in [0.4, 0.5) is 0 Å². The Kier molecular flexibility index (Phi) is 6.00. The van der Waals surface area contributed by atoms with Crippen molar-refractivity contribution in [2.75, 3.05) is 20.7 Å². The first-order chi connectivity index (χ1) is 11.1. The second-order valence-electron chi connectivity index (χ2n) is 5.33. The second kappa shape index (κ2) is 8.19. The third-order valence-electron chi connectivity index (χ3n) is 3.32. The van der Waals surface area contributed by atoms with E-state index in [2.05, 4.69) is 0 Å². The van der Waals surface area contributed by atoms with E-state index in [0.29, 0.717) is 24.7 Å². The molecule has 5 heteroatoms. The van der Waals surface area contributed by atoms with Crippen LogP contribution in [-0.2, 0) is 17.9 Å². The highest BCUT2D eigenvalue weighted by atomic mass is 16.5. The van der Waals surface area contributed by atoms with Gasteiger partial charge in [0.2, 0.25) is 0 Å². The minimum atomic E-state index is -0.845. The van der Waals surface area contributed by atoms with Crippen molar-refractivity contribution in [1.29, 1.82) is 0 Å². The van der Waals surface area contributed by atoms with Gasteiger partial charge in [-0.15, -0.1) is 0 Å². The predicted octanol–water partition coefficient (Wildman–Crippen LogP) is 2.79. The molecule has 0 fully saturated rings. The maximum atomic E-state index is 10.7. The molecule has 122 valence electrons. The number of ether oxygens (including phenoxy) is 2. The van der Waals surface area contributed by atoms with Crippen LogP contribution in [0.3, 0.4) is 0 Å². The van der Waals surface area contributed by atoms with Gasteiger partial charge in [0.25, 0.3) is 0 Å². The van der Waals surface area contributed by atoms with Crippen LogP contribution in [0, 0.1) is 0 Å². The molecule has 0 spiro atoms. The first kappa shape index (κ1) is 16.8. The Morgan fingerprint density at radius 3 is 2.48 bits per heavy atom. The van der Waals surface area contributed by atoms with E-state index in [4.69, 9.17) is 14.6 Å². The summed E-state index contributed by atoms with van der Waals surface area (Å²) in [6.45, 7) is 0.992. The molecule has 0 atom stereocenters. The summed E-state index contributed by atoms with van der Waals surface area (Å²) in [4.78, 5) is 12.4. The molecular weight excluding hydrogens is 294 g/mol. The fraction of sp³-hybridized carbons (Fsp3) is 0.278. The SMILES string of the molecule is COc1cc(CN(C)CC(=O)O)ccc1OCc1ccccc1. The molecule has 0 saturated heterocycles. The van der Waals surface area contributed by atoms with Gasteiger partial charge in [-0.25, -0.2) is 0 Å². The number of likely N-dealkylation sites (N-methyl/N-ethyl adjacent to an activating group) is 1. The van der Waals surface area contributed by atoms with E-state index in [9.17, 15) is 4.79 Å². The molecule has 2 aromatic carbocycles. The average molecular weight is 315 g/mol. The molecule has 2 aromatic rings. The molecule has 5 nitrogen and oxygen atoms in total. The number of aliphatic carboxylic acids is 1. The van der Waals surface area contributed by atoms with Gasteiger partial charge in [0.1, 0.15) is 6.61 Å². The van der Waals surface area contributed by atoms with Crippen molar-refractivity contribution in [2.24, 2.45) is 0 Å². The third kappa shape index (κ3) is 5.30. The van der Waals surface area contributed by atoms with Crippen LogP contribution < -0.4 is 9.47 Å². The first-order valence-corrected chi connectivity index (χ1v) is 7.32. The molecule has 0 radical (unpaired) electrons. The summed E-state index contributed by atoms with van der Waals surface area (Å²) in [6, 6.07) is 15.6. The lowest BCUT2D eigenvalue weighted by Gasteiger charge is -2.16. The molecule has 0 aromatic heterocycles. The average Bonchev–Trinajstić information content (AvgIpc) is 2.53. The standard InChI is InChI=1S/C18H21NO4/c1-19(12-18(20)21)11-15-8-9-16(17(10-15)22-2)23-13-14-6-4-3-5-7-14/h3-10H,11-13H2,1-2H3,(H,20,21). The van der Waals surface area contributed by atoms with E-state index in [1.807, 2.05) is 48.5 Å². The Bertz CT molecular complexity index is 643. The minimum absolute atomic E-state index is 0.00538. The molecule has 0 amide bonds. The van der Waals surface area contributed by atoms with E-state index >= 15 is 0 Å². The van der Waals surface area contributed by atoms with E-state index in [1.54, 1.807) is 19.1 Å². The molecule has 0 bridgehead atoms. The van der Waals surface area contributed by atoms with Gasteiger partial charge < -0.3 is 14.6 Å². The summed E-state index contributed by atoms with van der Waals surface area (Å²) in [5.41, 5.74) is 2.05. The number of nitrogens with zero attached hydrogens (tertiary/aromatic N) is 1. The van der Waals surface area contributed by atoms with Crippen LogP contribution in [0.25, 0.3) is 0 Å². The molecule has 0 saturated carbocycles. The summed E-state index contributed by atoms with van der Waals surface area (Å²) in [7, 11) is 3.36. The Hall–Kier alpha value is -2.53. The quantitative estimate of drug-likeness (QED) is 0.812. The molecule has 1 N–H and O–H groups in total. The highest BCUT2D eigenvalue weighted by Crippen LogP contribution is 2.29. The maximum absolute atomic E-state index is 10.7. The van der Waals surface area contributed by atoms with Crippen LogP contribution in [0.15, 0.2) is 48.5 Å². The largest absolute Gasteiger partial charge is 0.493 e. The summed E-state index contributed by atoms with van der Waals surface area (Å²) in [5.74, 6) is 0.463. The van der Waals surface area contributed by atoms with Gasteiger partial charge in [0.15, 0.2) is 11.5 Å². The van der Waals surface area contributed by atoms with Crippen LogP contribution in [0.1, 0.15) is 11.1 Å².